The molecule has 0 aliphatic heterocycles. The SMILES string of the molecule is CC(NC(=O)CCc1nc2ccccc2[nH]1)c1ncc[nH]1. The number of aromatic nitrogens is 4. The van der Waals surface area contributed by atoms with Gasteiger partial charge in [0.1, 0.15) is 11.6 Å². The van der Waals surface area contributed by atoms with Crippen molar-refractivity contribution in [3.05, 3.63) is 48.3 Å². The molecule has 0 aliphatic rings. The summed E-state index contributed by atoms with van der Waals surface area (Å²) >= 11 is 0. The van der Waals surface area contributed by atoms with Crippen molar-refractivity contribution in [1.29, 1.82) is 0 Å². The highest BCUT2D eigenvalue weighted by Crippen LogP contribution is 2.12. The molecule has 3 aromatic rings. The molecule has 1 atom stereocenters. The fourth-order valence-corrected chi connectivity index (χ4v) is 2.25. The van der Waals surface area contributed by atoms with E-state index in [0.717, 1.165) is 22.7 Å². The Balaban J connectivity index is 1.56. The van der Waals surface area contributed by atoms with E-state index in [9.17, 15) is 4.79 Å². The average molecular weight is 283 g/mol. The predicted molar refractivity (Wildman–Crippen MR) is 79.6 cm³/mol. The normalized spacial score (nSPS) is 12.4. The fraction of sp³-hybridized carbons (Fsp3) is 0.267. The number of aryl methyl sites for hydroxylation is 1. The molecule has 1 aromatic carbocycles. The summed E-state index contributed by atoms with van der Waals surface area (Å²) < 4.78 is 0. The third-order valence-electron chi connectivity index (χ3n) is 3.33. The van der Waals surface area contributed by atoms with Crippen LogP contribution in [-0.2, 0) is 11.2 Å². The van der Waals surface area contributed by atoms with Crippen molar-refractivity contribution in [3.8, 4) is 0 Å². The molecular formula is C15H17N5O. The third kappa shape index (κ3) is 3.10. The lowest BCUT2D eigenvalue weighted by Gasteiger charge is -2.10. The maximum atomic E-state index is 11.9. The molecule has 0 saturated carbocycles. The van der Waals surface area contributed by atoms with Crippen molar-refractivity contribution in [2.24, 2.45) is 0 Å². The van der Waals surface area contributed by atoms with Gasteiger partial charge in [-0.05, 0) is 19.1 Å². The van der Waals surface area contributed by atoms with E-state index in [0.29, 0.717) is 12.8 Å². The van der Waals surface area contributed by atoms with Crippen molar-refractivity contribution in [1.82, 2.24) is 25.3 Å². The Bertz CT molecular complexity index is 698. The minimum absolute atomic E-state index is 0.0145. The van der Waals surface area contributed by atoms with Gasteiger partial charge in [0.15, 0.2) is 0 Å². The number of fused-ring (bicyclic) bond motifs is 1. The van der Waals surface area contributed by atoms with Gasteiger partial charge in [0.05, 0.1) is 17.1 Å². The second kappa shape index (κ2) is 5.78. The summed E-state index contributed by atoms with van der Waals surface area (Å²) in [5.74, 6) is 1.57. The Labute approximate surface area is 122 Å². The molecule has 6 nitrogen and oxygen atoms in total. The summed E-state index contributed by atoms with van der Waals surface area (Å²) in [4.78, 5) is 26.7. The Kier molecular flexibility index (Phi) is 3.68. The quantitative estimate of drug-likeness (QED) is 0.670. The lowest BCUT2D eigenvalue weighted by atomic mass is 10.2. The monoisotopic (exact) mass is 283 g/mol. The zero-order chi connectivity index (χ0) is 14.7. The van der Waals surface area contributed by atoms with E-state index in [-0.39, 0.29) is 11.9 Å². The summed E-state index contributed by atoms with van der Waals surface area (Å²) in [5, 5.41) is 2.91. The molecule has 2 heterocycles. The molecule has 6 heteroatoms. The Hall–Kier alpha value is -2.63. The molecule has 0 aliphatic carbocycles. The minimum Gasteiger partial charge on any atom is -0.347 e. The highest BCUT2D eigenvalue weighted by atomic mass is 16.1. The fourth-order valence-electron chi connectivity index (χ4n) is 2.25. The maximum absolute atomic E-state index is 11.9. The van der Waals surface area contributed by atoms with Crippen LogP contribution in [0, 0.1) is 0 Å². The summed E-state index contributed by atoms with van der Waals surface area (Å²) in [5.41, 5.74) is 1.92. The van der Waals surface area contributed by atoms with Crippen LogP contribution in [0.15, 0.2) is 36.7 Å². The first-order valence-corrected chi connectivity index (χ1v) is 6.94. The summed E-state index contributed by atoms with van der Waals surface area (Å²) in [6, 6.07) is 7.72. The van der Waals surface area contributed by atoms with E-state index in [4.69, 9.17) is 0 Å². The molecule has 3 rings (SSSR count). The highest BCUT2D eigenvalue weighted by molar-refractivity contribution is 5.77. The second-order valence-electron chi connectivity index (χ2n) is 4.96. The van der Waals surface area contributed by atoms with Crippen LogP contribution in [0.3, 0.4) is 0 Å². The number of rotatable bonds is 5. The molecule has 21 heavy (non-hydrogen) atoms. The van der Waals surface area contributed by atoms with E-state index in [2.05, 4.69) is 25.3 Å². The summed E-state index contributed by atoms with van der Waals surface area (Å²) in [6.07, 6.45) is 4.40. The van der Waals surface area contributed by atoms with Crippen LogP contribution in [0.25, 0.3) is 11.0 Å². The molecule has 3 N–H and O–H groups in total. The lowest BCUT2D eigenvalue weighted by molar-refractivity contribution is -0.121. The zero-order valence-corrected chi connectivity index (χ0v) is 11.8. The van der Waals surface area contributed by atoms with Crippen molar-refractivity contribution in [2.45, 2.75) is 25.8 Å². The lowest BCUT2D eigenvalue weighted by Crippen LogP contribution is -2.27. The van der Waals surface area contributed by atoms with Crippen LogP contribution in [0.1, 0.15) is 31.0 Å². The minimum atomic E-state index is -0.122. The third-order valence-corrected chi connectivity index (χ3v) is 3.33. The number of aromatic amines is 2. The topological polar surface area (TPSA) is 86.5 Å². The number of para-hydroxylation sites is 2. The number of carbonyl (C=O) groups is 1. The van der Waals surface area contributed by atoms with Crippen LogP contribution in [0.5, 0.6) is 0 Å². The Morgan fingerprint density at radius 3 is 3.00 bits per heavy atom. The largest absolute Gasteiger partial charge is 0.347 e. The van der Waals surface area contributed by atoms with E-state index in [1.165, 1.54) is 0 Å². The maximum Gasteiger partial charge on any atom is 0.221 e. The number of imidazole rings is 2. The van der Waals surface area contributed by atoms with Crippen LogP contribution < -0.4 is 5.32 Å². The van der Waals surface area contributed by atoms with E-state index < -0.39 is 0 Å². The number of carbonyl (C=O) groups excluding carboxylic acids is 1. The number of nitrogens with zero attached hydrogens (tertiary/aromatic N) is 2. The van der Waals surface area contributed by atoms with Gasteiger partial charge in [0, 0.05) is 25.2 Å². The van der Waals surface area contributed by atoms with Crippen LogP contribution >= 0.6 is 0 Å². The van der Waals surface area contributed by atoms with Crippen molar-refractivity contribution in [2.75, 3.05) is 0 Å². The first-order valence-electron chi connectivity index (χ1n) is 6.94. The zero-order valence-electron chi connectivity index (χ0n) is 11.8. The summed E-state index contributed by atoms with van der Waals surface area (Å²) in [6.45, 7) is 1.90. The number of H-pyrrole nitrogens is 2. The number of amides is 1. The highest BCUT2D eigenvalue weighted by Gasteiger charge is 2.12. The second-order valence-corrected chi connectivity index (χ2v) is 4.96. The van der Waals surface area contributed by atoms with Crippen molar-refractivity contribution in [3.63, 3.8) is 0 Å². The van der Waals surface area contributed by atoms with Crippen LogP contribution in [0.2, 0.25) is 0 Å². The molecule has 108 valence electrons. The standard InChI is InChI=1S/C15H17N5O/c1-10(15-16-8-9-17-15)18-14(21)7-6-13-19-11-4-2-3-5-12(11)20-13/h2-5,8-10H,6-7H2,1H3,(H,16,17)(H,18,21)(H,19,20). The first-order chi connectivity index (χ1) is 10.2. The van der Waals surface area contributed by atoms with Gasteiger partial charge in [0.25, 0.3) is 0 Å². The van der Waals surface area contributed by atoms with E-state index in [1.54, 1.807) is 12.4 Å². The average Bonchev–Trinajstić information content (AvgIpc) is 3.14. The van der Waals surface area contributed by atoms with Crippen molar-refractivity contribution < 1.29 is 4.79 Å². The van der Waals surface area contributed by atoms with E-state index >= 15 is 0 Å². The van der Waals surface area contributed by atoms with Gasteiger partial charge >= 0.3 is 0 Å². The molecule has 0 radical (unpaired) electrons. The number of nitrogens with one attached hydrogen (secondary N) is 3. The van der Waals surface area contributed by atoms with Crippen LogP contribution in [-0.4, -0.2) is 25.8 Å². The van der Waals surface area contributed by atoms with Gasteiger partial charge in [-0.2, -0.15) is 0 Å². The number of hydrogen-bond donors (Lipinski definition) is 3. The van der Waals surface area contributed by atoms with Gasteiger partial charge in [-0.1, -0.05) is 12.1 Å². The van der Waals surface area contributed by atoms with Gasteiger partial charge in [-0.15, -0.1) is 0 Å². The number of benzene rings is 1. The molecule has 2 aromatic heterocycles. The van der Waals surface area contributed by atoms with Crippen molar-refractivity contribution >= 4 is 16.9 Å². The van der Waals surface area contributed by atoms with Gasteiger partial charge in [-0.25, -0.2) is 9.97 Å². The number of hydrogen-bond acceptors (Lipinski definition) is 3. The molecule has 0 fully saturated rings. The van der Waals surface area contributed by atoms with E-state index in [1.807, 2.05) is 31.2 Å². The molecular weight excluding hydrogens is 266 g/mol. The molecule has 1 amide bonds. The summed E-state index contributed by atoms with van der Waals surface area (Å²) in [7, 11) is 0. The van der Waals surface area contributed by atoms with Gasteiger partial charge in [-0.3, -0.25) is 4.79 Å². The molecule has 0 saturated heterocycles. The molecule has 1 unspecified atom stereocenters. The van der Waals surface area contributed by atoms with Gasteiger partial charge < -0.3 is 15.3 Å². The van der Waals surface area contributed by atoms with Crippen LogP contribution in [0.4, 0.5) is 0 Å². The predicted octanol–water partition coefficient (Wildman–Crippen LogP) is 2.10. The molecule has 0 spiro atoms. The first kappa shape index (κ1) is 13.4. The Morgan fingerprint density at radius 1 is 1.38 bits per heavy atom. The molecule has 0 bridgehead atoms. The smallest absolute Gasteiger partial charge is 0.221 e. The Morgan fingerprint density at radius 2 is 2.24 bits per heavy atom. The van der Waals surface area contributed by atoms with Gasteiger partial charge in [0.2, 0.25) is 5.91 Å².